The minimum Gasteiger partial charge on any atom is -0.456 e. The van der Waals surface area contributed by atoms with Crippen molar-refractivity contribution in [2.24, 2.45) is 0 Å². The van der Waals surface area contributed by atoms with Gasteiger partial charge in [-0.05, 0) is 70.3 Å². The number of quaternary nitrogens is 1. The van der Waals surface area contributed by atoms with Crippen molar-refractivity contribution in [1.82, 2.24) is 5.32 Å². The molecule has 0 aliphatic carbocycles. The van der Waals surface area contributed by atoms with Crippen LogP contribution in [0.15, 0.2) is 48.6 Å². The van der Waals surface area contributed by atoms with Gasteiger partial charge >= 0.3 is 13.8 Å². The first-order chi connectivity index (χ1) is 33.4. The van der Waals surface area contributed by atoms with Gasteiger partial charge in [0.2, 0.25) is 5.91 Å². The molecule has 0 bridgehead atoms. The molecule has 9 nitrogen and oxygen atoms in total. The maximum Gasteiger partial charge on any atom is 0.472 e. The van der Waals surface area contributed by atoms with E-state index < -0.39 is 20.0 Å². The van der Waals surface area contributed by atoms with Crippen LogP contribution in [0.1, 0.15) is 265 Å². The summed E-state index contributed by atoms with van der Waals surface area (Å²) in [7, 11) is 1.49. The van der Waals surface area contributed by atoms with E-state index in [1.807, 2.05) is 33.3 Å². The second kappa shape index (κ2) is 49.5. The van der Waals surface area contributed by atoms with E-state index in [0.717, 1.165) is 83.5 Å². The van der Waals surface area contributed by atoms with E-state index in [2.05, 4.69) is 62.5 Å². The van der Waals surface area contributed by atoms with Crippen LogP contribution in [0.25, 0.3) is 0 Å². The molecular weight excluding hydrogens is 880 g/mol. The van der Waals surface area contributed by atoms with E-state index in [1.165, 1.54) is 148 Å². The van der Waals surface area contributed by atoms with Crippen molar-refractivity contribution in [3.8, 4) is 0 Å². The molecule has 404 valence electrons. The van der Waals surface area contributed by atoms with Crippen molar-refractivity contribution in [3.05, 3.63) is 48.6 Å². The van der Waals surface area contributed by atoms with E-state index in [4.69, 9.17) is 13.8 Å². The zero-order valence-corrected chi connectivity index (χ0v) is 47.0. The molecule has 0 saturated carbocycles. The first-order valence-corrected chi connectivity index (χ1v) is 30.5. The minimum atomic E-state index is -4.44. The average Bonchev–Trinajstić information content (AvgIpc) is 3.31. The third-order valence-corrected chi connectivity index (χ3v) is 13.8. The topological polar surface area (TPSA) is 111 Å². The Balaban J connectivity index is 5.33. The van der Waals surface area contributed by atoms with Crippen molar-refractivity contribution in [1.29, 1.82) is 0 Å². The third kappa shape index (κ3) is 50.7. The summed E-state index contributed by atoms with van der Waals surface area (Å²) < 4.78 is 30.6. The number of allylic oxidation sites excluding steroid dienone is 7. The zero-order chi connectivity index (χ0) is 50.8. The largest absolute Gasteiger partial charge is 0.472 e. The number of likely N-dealkylation sites (N-methyl/N-ethyl adjacent to an activating group) is 1. The van der Waals surface area contributed by atoms with Crippen molar-refractivity contribution in [2.75, 3.05) is 40.9 Å². The van der Waals surface area contributed by atoms with Gasteiger partial charge in [-0.1, -0.05) is 230 Å². The van der Waals surface area contributed by atoms with E-state index in [0.29, 0.717) is 17.4 Å². The van der Waals surface area contributed by atoms with Crippen LogP contribution in [-0.4, -0.2) is 74.3 Å². The number of nitrogens with zero attached hydrogens (tertiary/aromatic N) is 1. The first kappa shape index (κ1) is 67.0. The number of amides is 1. The van der Waals surface area contributed by atoms with E-state index in [9.17, 15) is 19.0 Å². The number of hydrogen-bond donors (Lipinski definition) is 2. The summed E-state index contributed by atoms with van der Waals surface area (Å²) in [6.45, 7) is 6.98. The molecule has 0 saturated heterocycles. The van der Waals surface area contributed by atoms with Gasteiger partial charge in [-0.2, -0.15) is 0 Å². The predicted octanol–water partition coefficient (Wildman–Crippen LogP) is 17.3. The number of phosphoric ester groups is 1. The van der Waals surface area contributed by atoms with Gasteiger partial charge in [0, 0.05) is 12.8 Å². The number of ether oxygens (including phenoxy) is 1. The molecule has 0 rings (SSSR count). The maximum atomic E-state index is 13.5. The summed E-state index contributed by atoms with van der Waals surface area (Å²) in [6.07, 6.45) is 59.5. The molecule has 0 aliphatic rings. The SMILES string of the molecule is CCCCC/C=C\C/C=C\C/C=C\CCCCCCCCC(=O)OC(/C=C\CCCCCCCCCCCCC)C(COP(=O)(O)OCC[N+](C)(C)C)NC(=O)CCCCCCCCCCCCC. The van der Waals surface area contributed by atoms with Crippen molar-refractivity contribution in [2.45, 2.75) is 277 Å². The fourth-order valence-corrected chi connectivity index (χ4v) is 8.98. The smallest absolute Gasteiger partial charge is 0.456 e. The standard InChI is InChI=1S/C59H111N2O7P/c1-7-10-13-16-19-22-25-27-28-29-30-31-32-34-37-40-43-46-49-52-59(63)68-57(50-47-44-41-38-36-33-26-23-20-17-14-11-8-2)56(55-67-69(64,65)66-54-53-61(4,5)6)60-58(62)51-48-45-42-39-35-24-21-18-15-12-9-3/h19,22,27-28,30-31,47,50,56-57H,7-18,20-21,23-26,29,32-46,48-49,51-55H2,1-6H3,(H-,60,62,64,65)/p+1/b22-19-,28-27-,31-30-,50-47-. The van der Waals surface area contributed by atoms with Crippen LogP contribution in [0.5, 0.6) is 0 Å². The second-order valence-corrected chi connectivity index (χ2v) is 22.3. The number of nitrogens with one attached hydrogen (secondary N) is 1. The number of carbonyl (C=O) groups is 2. The minimum absolute atomic E-state index is 0.0387. The first-order valence-electron chi connectivity index (χ1n) is 29.0. The zero-order valence-electron chi connectivity index (χ0n) is 46.1. The van der Waals surface area contributed by atoms with Gasteiger partial charge in [0.15, 0.2) is 0 Å². The van der Waals surface area contributed by atoms with Gasteiger partial charge in [-0.15, -0.1) is 0 Å². The molecule has 3 unspecified atom stereocenters. The highest BCUT2D eigenvalue weighted by Crippen LogP contribution is 2.43. The summed E-state index contributed by atoms with van der Waals surface area (Å²) in [5, 5.41) is 3.04. The van der Waals surface area contributed by atoms with Gasteiger partial charge < -0.3 is 19.4 Å². The van der Waals surface area contributed by atoms with Gasteiger partial charge in [-0.3, -0.25) is 18.6 Å². The third-order valence-electron chi connectivity index (χ3n) is 12.8. The summed E-state index contributed by atoms with van der Waals surface area (Å²) in [5.41, 5.74) is 0. The Kier molecular flexibility index (Phi) is 48.1. The molecule has 0 heterocycles. The number of esters is 1. The van der Waals surface area contributed by atoms with E-state index in [-0.39, 0.29) is 31.5 Å². The Morgan fingerprint density at radius 3 is 1.35 bits per heavy atom. The van der Waals surface area contributed by atoms with Crippen molar-refractivity contribution < 1.29 is 37.3 Å². The fourth-order valence-electron chi connectivity index (χ4n) is 8.24. The number of unbranched alkanes of at least 4 members (excludes halogenated alkanes) is 30. The summed E-state index contributed by atoms with van der Waals surface area (Å²) in [4.78, 5) is 37.5. The van der Waals surface area contributed by atoms with Crippen LogP contribution in [0, 0.1) is 0 Å². The Hall–Kier alpha value is -2.03. The van der Waals surface area contributed by atoms with E-state index >= 15 is 0 Å². The number of hydrogen-bond acceptors (Lipinski definition) is 6. The number of carbonyl (C=O) groups excluding carboxylic acids is 2. The predicted molar refractivity (Wildman–Crippen MR) is 295 cm³/mol. The van der Waals surface area contributed by atoms with Crippen LogP contribution in [0.3, 0.4) is 0 Å². The number of rotatable bonds is 52. The lowest BCUT2D eigenvalue weighted by molar-refractivity contribution is -0.870. The lowest BCUT2D eigenvalue weighted by Crippen LogP contribution is -2.47. The monoisotopic (exact) mass is 992 g/mol. The Bertz CT molecular complexity index is 1330. The van der Waals surface area contributed by atoms with Crippen LogP contribution in [-0.2, 0) is 27.9 Å². The fraction of sp³-hybridized carbons (Fsp3) is 0.831. The van der Waals surface area contributed by atoms with Gasteiger partial charge in [0.1, 0.15) is 19.3 Å². The highest BCUT2D eigenvalue weighted by Gasteiger charge is 2.30. The molecule has 3 atom stereocenters. The molecular formula is C59H112N2O7P+. The van der Waals surface area contributed by atoms with Gasteiger partial charge in [-0.25, -0.2) is 4.57 Å². The quantitative estimate of drug-likeness (QED) is 0.0205. The molecule has 0 aromatic carbocycles. The Morgan fingerprint density at radius 2 is 0.884 bits per heavy atom. The number of phosphoric acid groups is 1. The van der Waals surface area contributed by atoms with Gasteiger partial charge in [0.05, 0.1) is 33.8 Å². The Labute approximate surface area is 427 Å². The highest BCUT2D eigenvalue weighted by atomic mass is 31.2. The van der Waals surface area contributed by atoms with E-state index in [1.54, 1.807) is 0 Å². The molecule has 2 N–H and O–H groups in total. The van der Waals surface area contributed by atoms with Gasteiger partial charge in [0.25, 0.3) is 0 Å². The second-order valence-electron chi connectivity index (χ2n) is 20.8. The normalized spacial score (nSPS) is 14.1. The van der Waals surface area contributed by atoms with Crippen LogP contribution >= 0.6 is 7.82 Å². The highest BCUT2D eigenvalue weighted by molar-refractivity contribution is 7.47. The molecule has 10 heteroatoms. The molecule has 0 aliphatic heterocycles. The molecule has 0 aromatic heterocycles. The summed E-state index contributed by atoms with van der Waals surface area (Å²) >= 11 is 0. The molecule has 0 fully saturated rings. The lowest BCUT2D eigenvalue weighted by atomic mass is 10.0. The van der Waals surface area contributed by atoms with Crippen LogP contribution in [0.2, 0.25) is 0 Å². The van der Waals surface area contributed by atoms with Crippen LogP contribution < -0.4 is 5.32 Å². The molecule has 0 aromatic rings. The lowest BCUT2D eigenvalue weighted by Gasteiger charge is -2.27. The van der Waals surface area contributed by atoms with Crippen molar-refractivity contribution >= 4 is 19.7 Å². The molecule has 0 radical (unpaired) electrons. The summed E-state index contributed by atoms with van der Waals surface area (Å²) in [5.74, 6) is -0.514. The summed E-state index contributed by atoms with van der Waals surface area (Å²) in [6, 6.07) is -0.850. The Morgan fingerprint density at radius 1 is 0.507 bits per heavy atom. The molecule has 0 spiro atoms. The average molecular weight is 993 g/mol. The maximum absolute atomic E-state index is 13.5. The molecule has 69 heavy (non-hydrogen) atoms. The molecule has 1 amide bonds. The van der Waals surface area contributed by atoms with Crippen molar-refractivity contribution in [3.63, 3.8) is 0 Å². The van der Waals surface area contributed by atoms with Crippen LogP contribution in [0.4, 0.5) is 0 Å².